The Balaban J connectivity index is 1.70. The van der Waals surface area contributed by atoms with Gasteiger partial charge in [-0.1, -0.05) is 49.6 Å². The Labute approximate surface area is 146 Å². The van der Waals surface area contributed by atoms with Gasteiger partial charge in [-0.15, -0.1) is 11.3 Å². The van der Waals surface area contributed by atoms with Crippen LogP contribution in [0.1, 0.15) is 47.5 Å². The van der Waals surface area contributed by atoms with E-state index < -0.39 is 0 Å². The van der Waals surface area contributed by atoms with Crippen LogP contribution in [0.5, 0.6) is 0 Å². The summed E-state index contributed by atoms with van der Waals surface area (Å²) in [5.41, 5.74) is 1.65. The minimum atomic E-state index is -0.144. The highest BCUT2D eigenvalue weighted by Crippen LogP contribution is 2.35. The molecule has 2 aromatic rings. The van der Waals surface area contributed by atoms with Crippen LogP contribution in [0.15, 0.2) is 30.3 Å². The van der Waals surface area contributed by atoms with Crippen molar-refractivity contribution in [3.05, 3.63) is 40.9 Å². The number of aryl methyl sites for hydroxylation is 1. The van der Waals surface area contributed by atoms with Crippen molar-refractivity contribution in [3.8, 4) is 10.6 Å². The van der Waals surface area contributed by atoms with E-state index in [1.54, 1.807) is 0 Å². The molecule has 1 amide bonds. The van der Waals surface area contributed by atoms with E-state index in [9.17, 15) is 9.90 Å². The van der Waals surface area contributed by atoms with E-state index in [2.05, 4.69) is 10.3 Å². The molecule has 1 fully saturated rings. The van der Waals surface area contributed by atoms with Gasteiger partial charge in [-0.05, 0) is 19.8 Å². The molecular weight excluding hydrogens is 320 g/mol. The summed E-state index contributed by atoms with van der Waals surface area (Å²) in [5.74, 6) is -0.0782. The average molecular weight is 344 g/mol. The summed E-state index contributed by atoms with van der Waals surface area (Å²) in [5, 5.41) is 13.7. The van der Waals surface area contributed by atoms with Crippen LogP contribution in [0.4, 0.5) is 0 Å². The number of aliphatic hydroxyl groups excluding tert-OH is 1. The first kappa shape index (κ1) is 17.1. The van der Waals surface area contributed by atoms with Crippen LogP contribution >= 0.6 is 11.3 Å². The fourth-order valence-electron chi connectivity index (χ4n) is 3.35. The second-order valence-electron chi connectivity index (χ2n) is 6.70. The summed E-state index contributed by atoms with van der Waals surface area (Å²) in [6.45, 7) is 2.56. The lowest BCUT2D eigenvalue weighted by Crippen LogP contribution is -2.41. The van der Waals surface area contributed by atoms with Gasteiger partial charge in [0.25, 0.3) is 5.91 Å². The van der Waals surface area contributed by atoms with Crippen molar-refractivity contribution in [1.82, 2.24) is 10.3 Å². The molecular formula is C19H24N2O2S. The lowest BCUT2D eigenvalue weighted by Gasteiger charge is -2.35. The first-order valence-corrected chi connectivity index (χ1v) is 9.37. The highest BCUT2D eigenvalue weighted by Gasteiger charge is 2.32. The van der Waals surface area contributed by atoms with Crippen LogP contribution < -0.4 is 5.32 Å². The van der Waals surface area contributed by atoms with Crippen LogP contribution in [-0.2, 0) is 0 Å². The highest BCUT2D eigenvalue weighted by atomic mass is 32.1. The third-order valence-electron chi connectivity index (χ3n) is 4.90. The van der Waals surface area contributed by atoms with Crippen molar-refractivity contribution in [2.24, 2.45) is 5.41 Å². The molecule has 128 valence electrons. The van der Waals surface area contributed by atoms with Crippen molar-refractivity contribution >= 4 is 17.2 Å². The molecule has 1 heterocycles. The number of nitrogens with one attached hydrogen (secondary N) is 1. The Kier molecular flexibility index (Phi) is 5.31. The number of carbonyl (C=O) groups is 1. The molecule has 0 spiro atoms. The smallest absolute Gasteiger partial charge is 0.263 e. The molecule has 0 aliphatic heterocycles. The molecule has 1 aromatic heterocycles. The van der Waals surface area contributed by atoms with E-state index in [1.807, 2.05) is 37.3 Å². The minimum absolute atomic E-state index is 0.0782. The number of carbonyl (C=O) groups excluding carboxylic acids is 1. The van der Waals surface area contributed by atoms with Gasteiger partial charge in [-0.3, -0.25) is 4.79 Å². The monoisotopic (exact) mass is 344 g/mol. The van der Waals surface area contributed by atoms with Gasteiger partial charge in [0.15, 0.2) is 0 Å². The number of nitrogens with zero attached hydrogens (tertiary/aromatic N) is 1. The first-order valence-electron chi connectivity index (χ1n) is 8.55. The summed E-state index contributed by atoms with van der Waals surface area (Å²) in [6.07, 6.45) is 5.47. The van der Waals surface area contributed by atoms with Crippen LogP contribution in [0.2, 0.25) is 0 Å². The van der Waals surface area contributed by atoms with Gasteiger partial charge < -0.3 is 10.4 Å². The first-order chi connectivity index (χ1) is 11.6. The van der Waals surface area contributed by atoms with Gasteiger partial charge >= 0.3 is 0 Å². The van der Waals surface area contributed by atoms with Crippen molar-refractivity contribution in [1.29, 1.82) is 0 Å². The largest absolute Gasteiger partial charge is 0.396 e. The molecule has 0 atom stereocenters. The lowest BCUT2D eigenvalue weighted by atomic mass is 9.74. The summed E-state index contributed by atoms with van der Waals surface area (Å²) in [6, 6.07) is 9.92. The predicted molar refractivity (Wildman–Crippen MR) is 97.2 cm³/mol. The highest BCUT2D eigenvalue weighted by molar-refractivity contribution is 7.17. The Hall–Kier alpha value is -1.72. The summed E-state index contributed by atoms with van der Waals surface area (Å²) in [4.78, 5) is 17.8. The quantitative estimate of drug-likeness (QED) is 0.867. The number of hydrogen-bond acceptors (Lipinski definition) is 4. The van der Waals surface area contributed by atoms with E-state index in [0.717, 1.165) is 41.9 Å². The van der Waals surface area contributed by atoms with Crippen molar-refractivity contribution in [3.63, 3.8) is 0 Å². The molecule has 2 N–H and O–H groups in total. The van der Waals surface area contributed by atoms with E-state index >= 15 is 0 Å². The molecule has 0 unspecified atom stereocenters. The number of aromatic nitrogens is 1. The number of aliphatic hydroxyl groups is 1. The zero-order valence-corrected chi connectivity index (χ0v) is 14.9. The number of rotatable bonds is 5. The number of benzene rings is 1. The Morgan fingerprint density at radius 2 is 1.96 bits per heavy atom. The van der Waals surface area contributed by atoms with Crippen LogP contribution in [0.3, 0.4) is 0 Å². The SMILES string of the molecule is Cc1nc(-c2ccccc2)sc1C(=O)NCC1(CO)CCCCC1. The molecule has 0 saturated heterocycles. The molecule has 24 heavy (non-hydrogen) atoms. The maximum absolute atomic E-state index is 12.6. The van der Waals surface area contributed by atoms with E-state index in [0.29, 0.717) is 11.4 Å². The summed E-state index contributed by atoms with van der Waals surface area (Å²) in [7, 11) is 0. The van der Waals surface area contributed by atoms with Crippen LogP contribution in [0.25, 0.3) is 10.6 Å². The topological polar surface area (TPSA) is 62.2 Å². The maximum atomic E-state index is 12.6. The second kappa shape index (κ2) is 7.45. The van der Waals surface area contributed by atoms with Gasteiger partial charge in [-0.25, -0.2) is 4.98 Å². The molecule has 0 radical (unpaired) electrons. The van der Waals surface area contributed by atoms with Crippen molar-refractivity contribution in [2.75, 3.05) is 13.2 Å². The summed E-state index contributed by atoms with van der Waals surface area (Å²) < 4.78 is 0. The van der Waals surface area contributed by atoms with Gasteiger partial charge in [0.05, 0.1) is 12.3 Å². The molecule has 1 aliphatic carbocycles. The third-order valence-corrected chi connectivity index (χ3v) is 6.10. The standard InChI is InChI=1S/C19H24N2O2S/c1-14-16(24-18(21-14)15-8-4-2-5-9-15)17(23)20-12-19(13-22)10-6-3-7-11-19/h2,4-5,8-9,22H,3,6-7,10-13H2,1H3,(H,20,23). The molecule has 4 nitrogen and oxygen atoms in total. The van der Waals surface area contributed by atoms with Gasteiger partial charge in [-0.2, -0.15) is 0 Å². The van der Waals surface area contributed by atoms with Gasteiger partial charge in [0, 0.05) is 17.5 Å². The molecule has 0 bridgehead atoms. The number of amides is 1. The molecule has 5 heteroatoms. The zero-order valence-electron chi connectivity index (χ0n) is 14.0. The molecule has 1 aliphatic rings. The normalized spacial score (nSPS) is 16.8. The number of thiazole rings is 1. The zero-order chi connectivity index (χ0) is 17.0. The third kappa shape index (κ3) is 3.68. The average Bonchev–Trinajstić information content (AvgIpc) is 3.03. The molecule has 1 aromatic carbocycles. The van der Waals surface area contributed by atoms with E-state index in [-0.39, 0.29) is 17.9 Å². The lowest BCUT2D eigenvalue weighted by molar-refractivity contribution is 0.0719. The second-order valence-corrected chi connectivity index (χ2v) is 7.70. The Bertz CT molecular complexity index is 691. The van der Waals surface area contributed by atoms with Crippen molar-refractivity contribution < 1.29 is 9.90 Å². The van der Waals surface area contributed by atoms with Crippen LogP contribution in [0, 0.1) is 12.3 Å². The van der Waals surface area contributed by atoms with Crippen molar-refractivity contribution in [2.45, 2.75) is 39.0 Å². The molecule has 3 rings (SSSR count). The van der Waals surface area contributed by atoms with E-state index in [4.69, 9.17) is 0 Å². The fraction of sp³-hybridized carbons (Fsp3) is 0.474. The molecule has 1 saturated carbocycles. The maximum Gasteiger partial charge on any atom is 0.263 e. The predicted octanol–water partition coefficient (Wildman–Crippen LogP) is 3.79. The Morgan fingerprint density at radius 3 is 2.62 bits per heavy atom. The summed E-state index contributed by atoms with van der Waals surface area (Å²) >= 11 is 1.43. The Morgan fingerprint density at radius 1 is 1.25 bits per heavy atom. The number of hydrogen-bond donors (Lipinski definition) is 2. The minimum Gasteiger partial charge on any atom is -0.396 e. The van der Waals surface area contributed by atoms with E-state index in [1.165, 1.54) is 17.8 Å². The fourth-order valence-corrected chi connectivity index (χ4v) is 4.34. The van der Waals surface area contributed by atoms with Gasteiger partial charge in [0.2, 0.25) is 0 Å². The van der Waals surface area contributed by atoms with Gasteiger partial charge in [0.1, 0.15) is 9.88 Å². The van der Waals surface area contributed by atoms with Crippen LogP contribution in [-0.4, -0.2) is 29.1 Å².